The van der Waals surface area contributed by atoms with E-state index in [4.69, 9.17) is 4.74 Å². The van der Waals surface area contributed by atoms with E-state index in [1.54, 1.807) is 0 Å². The van der Waals surface area contributed by atoms with E-state index in [9.17, 15) is 4.79 Å². The van der Waals surface area contributed by atoms with E-state index >= 15 is 0 Å². The fraction of sp³-hybridized carbons (Fsp3) is 0.938. The lowest BCUT2D eigenvalue weighted by atomic mass is 9.54. The molecule has 4 atom stereocenters. The van der Waals surface area contributed by atoms with Crippen LogP contribution in [0.5, 0.6) is 0 Å². The Labute approximate surface area is 131 Å². The highest BCUT2D eigenvalue weighted by atomic mass is 32.2. The summed E-state index contributed by atoms with van der Waals surface area (Å²) in [6, 6.07) is 0.396. The molecule has 0 radical (unpaired) electrons. The molecule has 4 nitrogen and oxygen atoms in total. The van der Waals surface area contributed by atoms with Gasteiger partial charge in [-0.2, -0.15) is 11.8 Å². The second-order valence-corrected chi connectivity index (χ2v) is 8.56. The quantitative estimate of drug-likeness (QED) is 0.842. The van der Waals surface area contributed by atoms with Crippen LogP contribution in [0, 0.1) is 11.3 Å². The van der Waals surface area contributed by atoms with Gasteiger partial charge in [0.05, 0.1) is 6.10 Å². The van der Waals surface area contributed by atoms with Crippen molar-refractivity contribution in [2.75, 3.05) is 18.9 Å². The molecule has 2 aliphatic carbocycles. The van der Waals surface area contributed by atoms with Gasteiger partial charge in [0.1, 0.15) is 0 Å². The van der Waals surface area contributed by atoms with Crippen LogP contribution in [-0.2, 0) is 4.74 Å². The minimum atomic E-state index is 0.0455. The maximum Gasteiger partial charge on any atom is 0.315 e. The third-order valence-electron chi connectivity index (χ3n) is 6.09. The van der Waals surface area contributed by atoms with Gasteiger partial charge in [-0.3, -0.25) is 0 Å². The first-order chi connectivity index (χ1) is 10.3. The summed E-state index contributed by atoms with van der Waals surface area (Å²) in [5.74, 6) is 1.82. The van der Waals surface area contributed by atoms with Crippen molar-refractivity contribution in [3.63, 3.8) is 0 Å². The van der Waals surface area contributed by atoms with Crippen molar-refractivity contribution in [2.24, 2.45) is 11.3 Å². The lowest BCUT2D eigenvalue weighted by molar-refractivity contribution is -0.126. The van der Waals surface area contributed by atoms with E-state index in [0.29, 0.717) is 23.3 Å². The molecule has 2 saturated heterocycles. The van der Waals surface area contributed by atoms with Crippen LogP contribution < -0.4 is 10.6 Å². The fourth-order valence-corrected chi connectivity index (χ4v) is 6.31. The monoisotopic (exact) mass is 310 g/mol. The maximum atomic E-state index is 12.3. The Morgan fingerprint density at radius 1 is 1.24 bits per heavy atom. The molecule has 0 aromatic rings. The Hall–Kier alpha value is -0.420. The molecule has 2 heterocycles. The van der Waals surface area contributed by atoms with E-state index < -0.39 is 0 Å². The van der Waals surface area contributed by atoms with E-state index in [1.165, 1.54) is 44.3 Å². The maximum absolute atomic E-state index is 12.3. The largest absolute Gasteiger partial charge is 0.377 e. The number of hydrogen-bond donors (Lipinski definition) is 2. The van der Waals surface area contributed by atoms with Crippen LogP contribution in [0.1, 0.15) is 44.9 Å². The summed E-state index contributed by atoms with van der Waals surface area (Å²) in [4.78, 5) is 12.3. The lowest BCUT2D eigenvalue weighted by Crippen LogP contribution is -2.69. The molecular weight excluding hydrogens is 284 g/mol. The number of fused-ring (bicyclic) bond motifs is 2. The molecule has 4 rings (SSSR count). The summed E-state index contributed by atoms with van der Waals surface area (Å²) in [6.45, 7) is 1.70. The molecule has 0 aromatic carbocycles. The molecule has 21 heavy (non-hydrogen) atoms. The SMILES string of the molecule is O=C(NC[C@H]1CCCS1)N[C@@H]1[C@@H]2CCO[C@@H]2C12CCCC2. The Kier molecular flexibility index (Phi) is 3.82. The van der Waals surface area contributed by atoms with Gasteiger partial charge in [0.25, 0.3) is 0 Å². The minimum absolute atomic E-state index is 0.0455. The van der Waals surface area contributed by atoms with Crippen LogP contribution in [0.2, 0.25) is 0 Å². The molecule has 2 aliphatic heterocycles. The van der Waals surface area contributed by atoms with Gasteiger partial charge in [0.15, 0.2) is 0 Å². The number of carbonyl (C=O) groups is 1. The molecule has 5 heteroatoms. The van der Waals surface area contributed by atoms with E-state index in [1.807, 2.05) is 11.8 Å². The number of amides is 2. The van der Waals surface area contributed by atoms with Crippen molar-refractivity contribution in [3.05, 3.63) is 0 Å². The van der Waals surface area contributed by atoms with Crippen molar-refractivity contribution in [1.82, 2.24) is 10.6 Å². The number of hydrogen-bond acceptors (Lipinski definition) is 3. The number of ether oxygens (including phenoxy) is 1. The number of nitrogens with one attached hydrogen (secondary N) is 2. The molecule has 4 fully saturated rings. The highest BCUT2D eigenvalue weighted by Crippen LogP contribution is 2.60. The zero-order chi connectivity index (χ0) is 14.3. The summed E-state index contributed by atoms with van der Waals surface area (Å²) in [6.07, 6.45) is 9.15. The minimum Gasteiger partial charge on any atom is -0.377 e. The molecule has 2 N–H and O–H groups in total. The number of urea groups is 1. The molecule has 1 spiro atoms. The van der Waals surface area contributed by atoms with Crippen LogP contribution >= 0.6 is 11.8 Å². The first-order valence-corrected chi connectivity index (χ1v) is 9.62. The number of rotatable bonds is 3. The van der Waals surface area contributed by atoms with Gasteiger partial charge in [0, 0.05) is 35.8 Å². The average Bonchev–Trinajstić information content (AvgIpc) is 3.22. The third-order valence-corrected chi connectivity index (χ3v) is 7.49. The van der Waals surface area contributed by atoms with Gasteiger partial charge in [0.2, 0.25) is 0 Å². The first-order valence-electron chi connectivity index (χ1n) is 8.57. The van der Waals surface area contributed by atoms with Gasteiger partial charge in [-0.25, -0.2) is 4.79 Å². The summed E-state index contributed by atoms with van der Waals surface area (Å²) in [7, 11) is 0. The smallest absolute Gasteiger partial charge is 0.315 e. The Morgan fingerprint density at radius 2 is 2.10 bits per heavy atom. The van der Waals surface area contributed by atoms with E-state index in [2.05, 4.69) is 10.6 Å². The van der Waals surface area contributed by atoms with Crippen LogP contribution in [-0.4, -0.2) is 42.3 Å². The highest BCUT2D eigenvalue weighted by Gasteiger charge is 2.65. The lowest BCUT2D eigenvalue weighted by Gasteiger charge is -2.56. The normalized spacial score (nSPS) is 40.0. The zero-order valence-electron chi connectivity index (χ0n) is 12.6. The van der Waals surface area contributed by atoms with Crippen LogP contribution in [0.4, 0.5) is 4.79 Å². The molecule has 0 bridgehead atoms. The van der Waals surface area contributed by atoms with Gasteiger partial charge in [-0.15, -0.1) is 0 Å². The molecule has 118 valence electrons. The zero-order valence-corrected chi connectivity index (χ0v) is 13.4. The van der Waals surface area contributed by atoms with Crippen LogP contribution in [0.25, 0.3) is 0 Å². The Morgan fingerprint density at radius 3 is 2.86 bits per heavy atom. The van der Waals surface area contributed by atoms with Crippen LogP contribution in [0.15, 0.2) is 0 Å². The second-order valence-electron chi connectivity index (χ2n) is 7.15. The fourth-order valence-electron chi connectivity index (χ4n) is 5.11. The average molecular weight is 310 g/mol. The van der Waals surface area contributed by atoms with Gasteiger partial charge in [-0.05, 0) is 37.9 Å². The molecule has 0 aromatic heterocycles. The Bertz CT molecular complexity index is 405. The van der Waals surface area contributed by atoms with Gasteiger partial charge < -0.3 is 15.4 Å². The van der Waals surface area contributed by atoms with Crippen molar-refractivity contribution in [1.29, 1.82) is 0 Å². The van der Waals surface area contributed by atoms with Gasteiger partial charge >= 0.3 is 6.03 Å². The van der Waals surface area contributed by atoms with Crippen molar-refractivity contribution < 1.29 is 9.53 Å². The summed E-state index contributed by atoms with van der Waals surface area (Å²) >= 11 is 1.99. The van der Waals surface area contributed by atoms with Crippen LogP contribution in [0.3, 0.4) is 0 Å². The number of thioether (sulfide) groups is 1. The molecular formula is C16H26N2O2S. The molecule has 2 saturated carbocycles. The summed E-state index contributed by atoms with van der Waals surface area (Å²) in [5, 5.41) is 7.03. The second kappa shape index (κ2) is 5.65. The predicted octanol–water partition coefficient (Wildman–Crippen LogP) is 2.53. The Balaban J connectivity index is 1.33. The van der Waals surface area contributed by atoms with Crippen molar-refractivity contribution >= 4 is 17.8 Å². The predicted molar refractivity (Wildman–Crippen MR) is 84.6 cm³/mol. The van der Waals surface area contributed by atoms with Crippen molar-refractivity contribution in [3.8, 4) is 0 Å². The topological polar surface area (TPSA) is 50.4 Å². The molecule has 2 amide bonds. The van der Waals surface area contributed by atoms with Crippen molar-refractivity contribution in [2.45, 2.75) is 62.3 Å². The standard InChI is InChI=1S/C16H26N2O2S/c19-15(17-10-11-4-3-9-21-11)18-13-12-5-8-20-14(12)16(13)6-1-2-7-16/h11-14H,1-10H2,(H2,17,18,19)/t11-,12+,13-,14+/m1/s1. The van der Waals surface area contributed by atoms with E-state index in [-0.39, 0.29) is 11.4 Å². The molecule has 4 aliphatic rings. The van der Waals surface area contributed by atoms with E-state index in [0.717, 1.165) is 19.6 Å². The summed E-state index contributed by atoms with van der Waals surface area (Å²) < 4.78 is 5.97. The van der Waals surface area contributed by atoms with Gasteiger partial charge in [-0.1, -0.05) is 12.8 Å². The highest BCUT2D eigenvalue weighted by molar-refractivity contribution is 8.00. The summed E-state index contributed by atoms with van der Waals surface area (Å²) in [5.41, 5.74) is 0.264. The molecule has 0 unspecified atom stereocenters. The third kappa shape index (κ3) is 2.37. The number of carbonyl (C=O) groups excluding carboxylic acids is 1. The first kappa shape index (κ1) is 14.2.